The number of anilines is 1. The fourth-order valence-corrected chi connectivity index (χ4v) is 3.61. The summed E-state index contributed by atoms with van der Waals surface area (Å²) in [5.74, 6) is 2.80. The monoisotopic (exact) mass is 338 g/mol. The number of benzene rings is 1. The molecule has 3 heterocycles. The summed E-state index contributed by atoms with van der Waals surface area (Å²) in [6.45, 7) is 7.11. The number of nitrogens with zero attached hydrogens (tertiary/aromatic N) is 3. The molecule has 4 rings (SSSR count). The number of para-hydroxylation sites is 2. The Balaban J connectivity index is 1.52. The van der Waals surface area contributed by atoms with E-state index in [1.54, 1.807) is 0 Å². The zero-order chi connectivity index (χ0) is 17.1. The molecule has 5 heteroatoms. The van der Waals surface area contributed by atoms with Gasteiger partial charge in [-0.25, -0.2) is 4.98 Å². The van der Waals surface area contributed by atoms with Gasteiger partial charge >= 0.3 is 0 Å². The summed E-state index contributed by atoms with van der Waals surface area (Å²) >= 11 is 0. The maximum Gasteiger partial charge on any atom is 0.204 e. The number of hydrogen-bond donors (Lipinski definition) is 1. The van der Waals surface area contributed by atoms with E-state index in [-0.39, 0.29) is 0 Å². The van der Waals surface area contributed by atoms with Gasteiger partial charge in [0.25, 0.3) is 0 Å². The first kappa shape index (κ1) is 16.2. The van der Waals surface area contributed by atoms with Crippen LogP contribution in [0.25, 0.3) is 11.0 Å². The number of rotatable bonds is 6. The lowest BCUT2D eigenvalue weighted by atomic mass is 10.1. The Morgan fingerprint density at radius 2 is 1.88 bits per heavy atom. The summed E-state index contributed by atoms with van der Waals surface area (Å²) < 4.78 is 7.97. The molecule has 0 radical (unpaired) electrons. The Labute approximate surface area is 148 Å². The van der Waals surface area contributed by atoms with E-state index >= 15 is 0 Å². The molecule has 1 aliphatic heterocycles. The Hall–Kier alpha value is -2.27. The lowest BCUT2D eigenvalue weighted by molar-refractivity contribution is 0.222. The molecule has 1 aromatic carbocycles. The third kappa shape index (κ3) is 3.71. The van der Waals surface area contributed by atoms with Gasteiger partial charge in [-0.2, -0.15) is 0 Å². The van der Waals surface area contributed by atoms with Gasteiger partial charge in [0.2, 0.25) is 5.95 Å². The molecule has 0 unspecified atom stereocenters. The van der Waals surface area contributed by atoms with Crippen LogP contribution in [0.3, 0.4) is 0 Å². The smallest absolute Gasteiger partial charge is 0.204 e. The quantitative estimate of drug-likeness (QED) is 0.737. The molecular formula is C20H26N4O. The van der Waals surface area contributed by atoms with E-state index in [4.69, 9.17) is 9.40 Å². The van der Waals surface area contributed by atoms with E-state index in [9.17, 15) is 0 Å². The van der Waals surface area contributed by atoms with Crippen LogP contribution in [0.4, 0.5) is 5.95 Å². The van der Waals surface area contributed by atoms with Gasteiger partial charge in [-0.1, -0.05) is 18.6 Å². The van der Waals surface area contributed by atoms with Gasteiger partial charge in [-0.15, -0.1) is 0 Å². The molecule has 0 bridgehead atoms. The van der Waals surface area contributed by atoms with Crippen LogP contribution < -0.4 is 5.32 Å². The molecule has 3 aromatic rings. The van der Waals surface area contributed by atoms with Crippen molar-refractivity contribution < 1.29 is 4.42 Å². The summed E-state index contributed by atoms with van der Waals surface area (Å²) in [6.07, 6.45) is 4.03. The molecule has 5 nitrogen and oxygen atoms in total. The second-order valence-electron chi connectivity index (χ2n) is 6.84. The minimum absolute atomic E-state index is 0.654. The largest absolute Gasteiger partial charge is 0.465 e. The average Bonchev–Trinajstić information content (AvgIpc) is 3.22. The van der Waals surface area contributed by atoms with Crippen LogP contribution >= 0.6 is 0 Å². The molecule has 1 aliphatic rings. The van der Waals surface area contributed by atoms with E-state index < -0.39 is 0 Å². The highest BCUT2D eigenvalue weighted by Crippen LogP contribution is 2.21. The van der Waals surface area contributed by atoms with Gasteiger partial charge in [-0.3, -0.25) is 0 Å². The predicted molar refractivity (Wildman–Crippen MR) is 101 cm³/mol. The summed E-state index contributed by atoms with van der Waals surface area (Å²) in [4.78, 5) is 7.36. The standard InChI is InChI=1S/C20H26N4O/c1-16-9-10-17(25-16)15-21-20-22-18-7-3-4-8-19(18)24(20)14-13-23-11-5-2-6-12-23/h3-4,7-10H,2,5-6,11-15H2,1H3,(H,21,22). The molecule has 2 aromatic heterocycles. The second-order valence-corrected chi connectivity index (χ2v) is 6.84. The Bertz CT molecular complexity index is 829. The van der Waals surface area contributed by atoms with Crippen molar-refractivity contribution in [2.45, 2.75) is 39.3 Å². The summed E-state index contributed by atoms with van der Waals surface area (Å²) in [5.41, 5.74) is 2.23. The zero-order valence-electron chi connectivity index (χ0n) is 14.9. The molecule has 0 saturated carbocycles. The highest BCUT2D eigenvalue weighted by molar-refractivity contribution is 5.78. The second kappa shape index (κ2) is 7.31. The van der Waals surface area contributed by atoms with Crippen LogP contribution in [-0.2, 0) is 13.1 Å². The Morgan fingerprint density at radius 3 is 2.68 bits per heavy atom. The predicted octanol–water partition coefficient (Wildman–Crippen LogP) is 4.04. The number of imidazole rings is 1. The SMILES string of the molecule is Cc1ccc(CNc2nc3ccccc3n2CCN2CCCCC2)o1. The van der Waals surface area contributed by atoms with Crippen molar-refractivity contribution in [1.82, 2.24) is 14.5 Å². The fraction of sp³-hybridized carbons (Fsp3) is 0.450. The van der Waals surface area contributed by atoms with Crippen LogP contribution in [0, 0.1) is 6.92 Å². The lowest BCUT2D eigenvalue weighted by Crippen LogP contribution is -2.32. The van der Waals surface area contributed by atoms with E-state index in [0.29, 0.717) is 6.54 Å². The number of piperidine rings is 1. The van der Waals surface area contributed by atoms with Crippen LogP contribution in [0.2, 0.25) is 0 Å². The lowest BCUT2D eigenvalue weighted by Gasteiger charge is -2.26. The summed E-state index contributed by atoms with van der Waals surface area (Å²) in [6, 6.07) is 12.4. The number of aryl methyl sites for hydroxylation is 1. The van der Waals surface area contributed by atoms with Gasteiger partial charge in [0, 0.05) is 13.1 Å². The van der Waals surface area contributed by atoms with Gasteiger partial charge < -0.3 is 19.2 Å². The zero-order valence-corrected chi connectivity index (χ0v) is 14.9. The van der Waals surface area contributed by atoms with Crippen molar-refractivity contribution in [1.29, 1.82) is 0 Å². The molecule has 0 spiro atoms. The maximum absolute atomic E-state index is 5.67. The average molecular weight is 338 g/mol. The van der Waals surface area contributed by atoms with Gasteiger partial charge in [0.05, 0.1) is 17.6 Å². The van der Waals surface area contributed by atoms with Crippen molar-refractivity contribution in [3.8, 4) is 0 Å². The molecular weight excluding hydrogens is 312 g/mol. The van der Waals surface area contributed by atoms with Crippen LogP contribution in [-0.4, -0.2) is 34.1 Å². The number of aromatic nitrogens is 2. The molecule has 1 N–H and O–H groups in total. The van der Waals surface area contributed by atoms with E-state index in [0.717, 1.165) is 36.1 Å². The number of nitrogens with one attached hydrogen (secondary N) is 1. The fourth-order valence-electron chi connectivity index (χ4n) is 3.61. The first-order valence-electron chi connectivity index (χ1n) is 9.26. The highest BCUT2D eigenvalue weighted by atomic mass is 16.3. The summed E-state index contributed by atoms with van der Waals surface area (Å²) in [5, 5.41) is 3.46. The molecule has 0 amide bonds. The van der Waals surface area contributed by atoms with Gasteiger partial charge in [0.15, 0.2) is 0 Å². The van der Waals surface area contributed by atoms with Crippen LogP contribution in [0.15, 0.2) is 40.8 Å². The number of hydrogen-bond acceptors (Lipinski definition) is 4. The van der Waals surface area contributed by atoms with E-state index in [1.165, 1.54) is 37.9 Å². The van der Waals surface area contributed by atoms with Crippen molar-refractivity contribution >= 4 is 17.0 Å². The van der Waals surface area contributed by atoms with E-state index in [1.807, 2.05) is 25.1 Å². The molecule has 1 saturated heterocycles. The molecule has 132 valence electrons. The van der Waals surface area contributed by atoms with Gasteiger partial charge in [-0.05, 0) is 57.1 Å². The maximum atomic E-state index is 5.67. The van der Waals surface area contributed by atoms with Crippen LogP contribution in [0.5, 0.6) is 0 Å². The number of likely N-dealkylation sites (tertiary alicyclic amines) is 1. The first-order valence-corrected chi connectivity index (χ1v) is 9.26. The van der Waals surface area contributed by atoms with Crippen molar-refractivity contribution in [2.75, 3.05) is 25.0 Å². The number of fused-ring (bicyclic) bond motifs is 1. The third-order valence-corrected chi connectivity index (χ3v) is 4.96. The topological polar surface area (TPSA) is 46.2 Å². The molecule has 25 heavy (non-hydrogen) atoms. The van der Waals surface area contributed by atoms with Crippen molar-refractivity contribution in [2.24, 2.45) is 0 Å². The number of furan rings is 1. The minimum atomic E-state index is 0.654. The molecule has 0 atom stereocenters. The Kier molecular flexibility index (Phi) is 4.74. The van der Waals surface area contributed by atoms with Crippen molar-refractivity contribution in [3.63, 3.8) is 0 Å². The first-order chi connectivity index (χ1) is 12.3. The normalized spacial score (nSPS) is 15.7. The summed E-state index contributed by atoms with van der Waals surface area (Å²) in [7, 11) is 0. The highest BCUT2D eigenvalue weighted by Gasteiger charge is 2.14. The molecule has 0 aliphatic carbocycles. The third-order valence-electron chi connectivity index (χ3n) is 4.96. The minimum Gasteiger partial charge on any atom is -0.465 e. The van der Waals surface area contributed by atoms with Crippen molar-refractivity contribution in [3.05, 3.63) is 47.9 Å². The van der Waals surface area contributed by atoms with Crippen LogP contribution in [0.1, 0.15) is 30.8 Å². The Morgan fingerprint density at radius 1 is 1.04 bits per heavy atom. The van der Waals surface area contributed by atoms with Gasteiger partial charge in [0.1, 0.15) is 11.5 Å². The van der Waals surface area contributed by atoms with E-state index in [2.05, 4.69) is 33.0 Å². The molecule has 1 fully saturated rings.